The maximum Gasteiger partial charge on any atom is 0.138 e. The average Bonchev–Trinajstić information content (AvgIpc) is 3.01. The van der Waals surface area contributed by atoms with Crippen molar-refractivity contribution in [3.05, 3.63) is 46.5 Å². The van der Waals surface area contributed by atoms with Gasteiger partial charge < -0.3 is 9.84 Å². The molecule has 5 nitrogen and oxygen atoms in total. The van der Waals surface area contributed by atoms with Gasteiger partial charge in [0.15, 0.2) is 0 Å². The van der Waals surface area contributed by atoms with Gasteiger partial charge in [0, 0.05) is 7.11 Å². The third-order valence-corrected chi connectivity index (χ3v) is 4.15. The van der Waals surface area contributed by atoms with E-state index in [0.717, 1.165) is 5.56 Å². The smallest absolute Gasteiger partial charge is 0.138 e. The Hall–Kier alpha value is -1.40. The summed E-state index contributed by atoms with van der Waals surface area (Å²) in [5.74, 6) is 0. The molecule has 1 aromatic carbocycles. The number of hydrogen-bond acceptors (Lipinski definition) is 4. The molecule has 0 spiro atoms. The summed E-state index contributed by atoms with van der Waals surface area (Å²) in [5.41, 5.74) is 0.502. The first-order valence-electron chi connectivity index (χ1n) is 6.60. The zero-order valence-corrected chi connectivity index (χ0v) is 14.0. The molecule has 1 N–H and O–H groups in total. The van der Waals surface area contributed by atoms with Crippen molar-refractivity contribution < 1.29 is 9.84 Å². The van der Waals surface area contributed by atoms with Crippen LogP contribution < -0.4 is 0 Å². The van der Waals surface area contributed by atoms with E-state index >= 15 is 0 Å². The van der Waals surface area contributed by atoms with Gasteiger partial charge in [0.25, 0.3) is 0 Å². The molecule has 0 aliphatic rings. The summed E-state index contributed by atoms with van der Waals surface area (Å²) < 4.78 is 6.85. The third kappa shape index (κ3) is 3.67. The molecule has 0 aliphatic carbocycles. The molecular weight excluding hydrogens is 325 g/mol. The minimum atomic E-state index is -0.923. The van der Waals surface area contributed by atoms with Gasteiger partial charge in [0.2, 0.25) is 0 Å². The van der Waals surface area contributed by atoms with Crippen LogP contribution in [-0.4, -0.2) is 38.7 Å². The number of aliphatic hydroxyl groups is 1. The van der Waals surface area contributed by atoms with E-state index in [0.29, 0.717) is 15.7 Å². The van der Waals surface area contributed by atoms with Crippen LogP contribution in [0.15, 0.2) is 30.9 Å². The predicted molar refractivity (Wildman–Crippen MR) is 87.7 cm³/mol. The highest BCUT2D eigenvalue weighted by Gasteiger charge is 2.32. The van der Waals surface area contributed by atoms with Crippen molar-refractivity contribution in [3.8, 4) is 0 Å². The molecule has 1 heterocycles. The maximum absolute atomic E-state index is 10.7. The largest absolute Gasteiger partial charge is 0.384 e. The Morgan fingerprint density at radius 3 is 2.64 bits per heavy atom. The lowest BCUT2D eigenvalue weighted by atomic mass is 9.97. The number of aliphatic hydroxyl groups excluding tert-OH is 1. The van der Waals surface area contributed by atoms with Crippen LogP contribution in [0.1, 0.15) is 19.4 Å². The molecule has 0 aliphatic heterocycles. The van der Waals surface area contributed by atoms with E-state index in [1.807, 2.05) is 0 Å². The van der Waals surface area contributed by atoms with E-state index in [1.165, 1.54) is 17.3 Å². The second kappa shape index (κ2) is 6.79. The van der Waals surface area contributed by atoms with Crippen LogP contribution in [0.4, 0.5) is 0 Å². The lowest BCUT2D eigenvalue weighted by Crippen LogP contribution is -2.40. The molecule has 0 fully saturated rings. The molecule has 0 amide bonds. The van der Waals surface area contributed by atoms with Gasteiger partial charge in [-0.3, -0.25) is 0 Å². The molecule has 1 unspecified atom stereocenters. The van der Waals surface area contributed by atoms with Crippen LogP contribution in [0.25, 0.3) is 11.8 Å². The van der Waals surface area contributed by atoms with Crippen LogP contribution in [0.2, 0.25) is 10.0 Å². The van der Waals surface area contributed by atoms with Crippen molar-refractivity contribution in [2.45, 2.75) is 25.6 Å². The number of benzene rings is 1. The van der Waals surface area contributed by atoms with Crippen LogP contribution in [0, 0.1) is 0 Å². The van der Waals surface area contributed by atoms with Crippen molar-refractivity contribution in [3.63, 3.8) is 0 Å². The summed E-state index contributed by atoms with van der Waals surface area (Å²) in [6.45, 7) is 3.58. The van der Waals surface area contributed by atoms with Crippen molar-refractivity contribution in [2.24, 2.45) is 0 Å². The van der Waals surface area contributed by atoms with Crippen LogP contribution in [0.3, 0.4) is 0 Å². The number of methoxy groups -OCH3 is 1. The zero-order chi connectivity index (χ0) is 16.3. The van der Waals surface area contributed by atoms with E-state index in [1.54, 1.807) is 45.2 Å². The highest BCUT2D eigenvalue weighted by molar-refractivity contribution is 6.42. The predicted octanol–water partition coefficient (Wildman–Crippen LogP) is 3.37. The lowest BCUT2D eigenvalue weighted by Gasteiger charge is -2.30. The molecule has 1 aromatic heterocycles. The van der Waals surface area contributed by atoms with Crippen molar-refractivity contribution in [2.75, 3.05) is 7.11 Å². The Labute approximate surface area is 139 Å². The van der Waals surface area contributed by atoms with E-state index in [2.05, 4.69) is 10.1 Å². The number of ether oxygens (including phenoxy) is 1. The average molecular weight is 342 g/mol. The second-order valence-electron chi connectivity index (χ2n) is 5.29. The Morgan fingerprint density at radius 2 is 2.09 bits per heavy atom. The molecule has 0 saturated carbocycles. The van der Waals surface area contributed by atoms with Crippen molar-refractivity contribution in [1.29, 1.82) is 0 Å². The molecule has 1 atom stereocenters. The molecule has 2 aromatic rings. The molecule has 0 bridgehead atoms. The summed E-state index contributed by atoms with van der Waals surface area (Å²) in [5, 5.41) is 15.6. The Kier molecular flexibility index (Phi) is 5.24. The van der Waals surface area contributed by atoms with E-state index < -0.39 is 11.7 Å². The number of aromatic nitrogens is 3. The Morgan fingerprint density at radius 1 is 1.36 bits per heavy atom. The fourth-order valence-electron chi connectivity index (χ4n) is 1.85. The topological polar surface area (TPSA) is 60.2 Å². The summed E-state index contributed by atoms with van der Waals surface area (Å²) in [6.07, 6.45) is 3.75. The number of nitrogens with zero attached hydrogens (tertiary/aromatic N) is 3. The summed E-state index contributed by atoms with van der Waals surface area (Å²) >= 11 is 12.0. The maximum atomic E-state index is 10.7. The van der Waals surface area contributed by atoms with Gasteiger partial charge >= 0.3 is 0 Å². The molecule has 0 radical (unpaired) electrons. The molecule has 118 valence electrons. The standard InChI is InChI=1S/C15H17Cl2N3O2/c1-15(2,22-3)14(21)13(20-9-18-8-19-20)7-10-4-5-11(16)12(17)6-10/h4-9,14,21H,1-3H3/b13-7-. The van der Waals surface area contributed by atoms with Gasteiger partial charge in [-0.2, -0.15) is 5.10 Å². The summed E-state index contributed by atoms with van der Waals surface area (Å²) in [6, 6.07) is 5.22. The van der Waals surface area contributed by atoms with E-state index in [9.17, 15) is 5.11 Å². The lowest BCUT2D eigenvalue weighted by molar-refractivity contribution is -0.0539. The summed E-state index contributed by atoms with van der Waals surface area (Å²) in [7, 11) is 1.54. The quantitative estimate of drug-likeness (QED) is 0.905. The van der Waals surface area contributed by atoms with E-state index in [-0.39, 0.29) is 0 Å². The van der Waals surface area contributed by atoms with Crippen LogP contribution in [0.5, 0.6) is 0 Å². The molecule has 22 heavy (non-hydrogen) atoms. The van der Waals surface area contributed by atoms with Crippen molar-refractivity contribution >= 4 is 35.0 Å². The fraction of sp³-hybridized carbons (Fsp3) is 0.333. The van der Waals surface area contributed by atoms with Gasteiger partial charge in [-0.15, -0.1) is 0 Å². The zero-order valence-electron chi connectivity index (χ0n) is 12.5. The Balaban J connectivity index is 2.49. The number of halogens is 2. The minimum Gasteiger partial charge on any atom is -0.384 e. The third-order valence-electron chi connectivity index (χ3n) is 3.41. The van der Waals surface area contributed by atoms with Gasteiger partial charge in [0.05, 0.1) is 21.3 Å². The highest BCUT2D eigenvalue weighted by atomic mass is 35.5. The van der Waals surface area contributed by atoms with Gasteiger partial charge in [0.1, 0.15) is 18.8 Å². The first kappa shape index (κ1) is 17.0. The number of hydrogen-bond donors (Lipinski definition) is 1. The highest BCUT2D eigenvalue weighted by Crippen LogP contribution is 2.28. The van der Waals surface area contributed by atoms with Gasteiger partial charge in [-0.25, -0.2) is 9.67 Å². The van der Waals surface area contributed by atoms with Gasteiger partial charge in [-0.05, 0) is 37.6 Å². The first-order chi connectivity index (χ1) is 10.3. The normalized spacial score (nSPS) is 14.2. The number of rotatable bonds is 5. The van der Waals surface area contributed by atoms with Crippen LogP contribution in [-0.2, 0) is 4.74 Å². The first-order valence-corrected chi connectivity index (χ1v) is 7.35. The van der Waals surface area contributed by atoms with Crippen molar-refractivity contribution in [1.82, 2.24) is 14.8 Å². The SMILES string of the molecule is COC(C)(C)C(O)/C(=C/c1ccc(Cl)c(Cl)c1)n1cncn1. The fourth-order valence-corrected chi connectivity index (χ4v) is 2.16. The molecule has 7 heteroatoms. The molecule has 0 saturated heterocycles. The molecular formula is C15H17Cl2N3O2. The monoisotopic (exact) mass is 341 g/mol. The second-order valence-corrected chi connectivity index (χ2v) is 6.11. The Bertz CT molecular complexity index is 669. The summed E-state index contributed by atoms with van der Waals surface area (Å²) in [4.78, 5) is 3.92. The van der Waals surface area contributed by atoms with Crippen LogP contribution >= 0.6 is 23.2 Å². The van der Waals surface area contributed by atoms with E-state index in [4.69, 9.17) is 27.9 Å². The molecule has 2 rings (SSSR count). The minimum absolute atomic E-state index is 0.439. The van der Waals surface area contributed by atoms with Gasteiger partial charge in [-0.1, -0.05) is 29.3 Å².